The molecule has 1 aliphatic rings. The van der Waals surface area contributed by atoms with Crippen LogP contribution in [0.3, 0.4) is 0 Å². The standard InChI is InChI=1S/C19H24N4O/c24-19(18-15-20-9-10-21-18)22-14-17(23-11-5-2-6-12-23)13-16-7-3-1-4-8-16/h1,3-4,7-10,15,17H,2,5-6,11-14H2,(H,22,24). The van der Waals surface area contributed by atoms with Crippen LogP contribution in [0.5, 0.6) is 0 Å². The van der Waals surface area contributed by atoms with Crippen molar-refractivity contribution >= 4 is 5.91 Å². The van der Waals surface area contributed by atoms with Gasteiger partial charge >= 0.3 is 0 Å². The van der Waals surface area contributed by atoms with Crippen LogP contribution in [0.25, 0.3) is 0 Å². The zero-order valence-corrected chi connectivity index (χ0v) is 13.9. The first-order chi connectivity index (χ1) is 11.8. The second-order valence-electron chi connectivity index (χ2n) is 6.24. The maximum atomic E-state index is 12.3. The van der Waals surface area contributed by atoms with E-state index in [1.165, 1.54) is 31.0 Å². The third-order valence-corrected chi connectivity index (χ3v) is 4.52. The Bertz CT molecular complexity index is 626. The van der Waals surface area contributed by atoms with Gasteiger partial charge in [-0.25, -0.2) is 4.98 Å². The second-order valence-corrected chi connectivity index (χ2v) is 6.24. The van der Waals surface area contributed by atoms with Crippen molar-refractivity contribution in [2.45, 2.75) is 31.7 Å². The quantitative estimate of drug-likeness (QED) is 0.886. The maximum Gasteiger partial charge on any atom is 0.271 e. The van der Waals surface area contributed by atoms with Crippen LogP contribution in [0.15, 0.2) is 48.9 Å². The molecule has 0 bridgehead atoms. The number of aromatic nitrogens is 2. The molecule has 1 aromatic heterocycles. The van der Waals surface area contributed by atoms with Gasteiger partial charge in [0.1, 0.15) is 5.69 Å². The van der Waals surface area contributed by atoms with Crippen LogP contribution in [-0.2, 0) is 6.42 Å². The molecule has 1 atom stereocenters. The molecule has 1 amide bonds. The molecular weight excluding hydrogens is 300 g/mol. The first kappa shape index (κ1) is 16.6. The molecule has 0 radical (unpaired) electrons. The van der Waals surface area contributed by atoms with Gasteiger partial charge in [-0.1, -0.05) is 36.8 Å². The fourth-order valence-corrected chi connectivity index (χ4v) is 3.22. The molecule has 5 nitrogen and oxygen atoms in total. The largest absolute Gasteiger partial charge is 0.349 e. The number of hydrogen-bond donors (Lipinski definition) is 1. The van der Waals surface area contributed by atoms with Crippen molar-refractivity contribution in [1.82, 2.24) is 20.2 Å². The maximum absolute atomic E-state index is 12.3. The second kappa shape index (κ2) is 8.55. The van der Waals surface area contributed by atoms with Gasteiger partial charge in [-0.2, -0.15) is 0 Å². The number of likely N-dealkylation sites (tertiary alicyclic amines) is 1. The highest BCUT2D eigenvalue weighted by Crippen LogP contribution is 2.15. The van der Waals surface area contributed by atoms with E-state index in [1.54, 1.807) is 12.4 Å². The Kier molecular flexibility index (Phi) is 5.90. The van der Waals surface area contributed by atoms with E-state index < -0.39 is 0 Å². The van der Waals surface area contributed by atoms with Crippen molar-refractivity contribution in [3.8, 4) is 0 Å². The summed E-state index contributed by atoms with van der Waals surface area (Å²) < 4.78 is 0. The first-order valence-corrected chi connectivity index (χ1v) is 8.65. The number of piperidine rings is 1. The van der Waals surface area contributed by atoms with Gasteiger partial charge in [0.2, 0.25) is 0 Å². The van der Waals surface area contributed by atoms with Gasteiger partial charge in [-0.3, -0.25) is 14.7 Å². The van der Waals surface area contributed by atoms with E-state index in [0.717, 1.165) is 19.5 Å². The molecule has 0 spiro atoms. The molecule has 1 N–H and O–H groups in total. The Balaban J connectivity index is 1.64. The number of nitrogens with zero attached hydrogens (tertiary/aromatic N) is 3. The number of nitrogens with one attached hydrogen (secondary N) is 1. The summed E-state index contributed by atoms with van der Waals surface area (Å²) in [5.41, 5.74) is 1.68. The molecule has 24 heavy (non-hydrogen) atoms. The number of rotatable bonds is 6. The Labute approximate surface area is 143 Å². The summed E-state index contributed by atoms with van der Waals surface area (Å²) in [7, 11) is 0. The minimum absolute atomic E-state index is 0.154. The van der Waals surface area contributed by atoms with Crippen molar-refractivity contribution in [3.63, 3.8) is 0 Å². The average molecular weight is 324 g/mol. The van der Waals surface area contributed by atoms with E-state index >= 15 is 0 Å². The predicted octanol–water partition coefficient (Wildman–Crippen LogP) is 2.30. The normalized spacial score (nSPS) is 16.5. The number of amides is 1. The third kappa shape index (κ3) is 4.61. The van der Waals surface area contributed by atoms with Crippen molar-refractivity contribution in [3.05, 3.63) is 60.2 Å². The summed E-state index contributed by atoms with van der Waals surface area (Å²) >= 11 is 0. The lowest BCUT2D eigenvalue weighted by Gasteiger charge is -2.34. The minimum atomic E-state index is -0.154. The zero-order valence-electron chi connectivity index (χ0n) is 13.9. The average Bonchev–Trinajstić information content (AvgIpc) is 2.67. The summed E-state index contributed by atoms with van der Waals surface area (Å²) in [5, 5.41) is 3.03. The molecule has 0 saturated carbocycles. The molecule has 1 saturated heterocycles. The fourth-order valence-electron chi connectivity index (χ4n) is 3.22. The highest BCUT2D eigenvalue weighted by Gasteiger charge is 2.22. The number of benzene rings is 1. The first-order valence-electron chi connectivity index (χ1n) is 8.65. The van der Waals surface area contributed by atoms with Gasteiger partial charge in [0, 0.05) is 25.0 Å². The molecule has 2 heterocycles. The van der Waals surface area contributed by atoms with Crippen molar-refractivity contribution in [1.29, 1.82) is 0 Å². The predicted molar refractivity (Wildman–Crippen MR) is 93.7 cm³/mol. The topological polar surface area (TPSA) is 58.1 Å². The van der Waals surface area contributed by atoms with Gasteiger partial charge in [-0.15, -0.1) is 0 Å². The lowest BCUT2D eigenvalue weighted by molar-refractivity contribution is 0.0918. The summed E-state index contributed by atoms with van der Waals surface area (Å²) in [6, 6.07) is 10.8. The van der Waals surface area contributed by atoms with Crippen LogP contribution in [0, 0.1) is 0 Å². The van der Waals surface area contributed by atoms with Crippen molar-refractivity contribution < 1.29 is 4.79 Å². The fraction of sp³-hybridized carbons (Fsp3) is 0.421. The van der Waals surface area contributed by atoms with E-state index in [0.29, 0.717) is 18.3 Å². The highest BCUT2D eigenvalue weighted by molar-refractivity contribution is 5.91. The SMILES string of the molecule is O=C(NCC(Cc1ccccc1)N1CCCCC1)c1cnccn1. The van der Waals surface area contributed by atoms with Crippen LogP contribution in [-0.4, -0.2) is 46.5 Å². The minimum Gasteiger partial charge on any atom is -0.349 e. The van der Waals surface area contributed by atoms with Gasteiger partial charge in [-0.05, 0) is 37.9 Å². The van der Waals surface area contributed by atoms with E-state index in [4.69, 9.17) is 0 Å². The van der Waals surface area contributed by atoms with Crippen molar-refractivity contribution in [2.75, 3.05) is 19.6 Å². The molecule has 3 rings (SSSR count). The molecule has 1 aliphatic heterocycles. The van der Waals surface area contributed by atoms with Crippen LogP contribution in [0.2, 0.25) is 0 Å². The molecule has 126 valence electrons. The Morgan fingerprint density at radius 3 is 2.62 bits per heavy atom. The molecule has 5 heteroatoms. The van der Waals surface area contributed by atoms with Gasteiger partial charge in [0.25, 0.3) is 5.91 Å². The summed E-state index contributed by atoms with van der Waals surface area (Å²) in [4.78, 5) is 22.8. The van der Waals surface area contributed by atoms with Crippen LogP contribution in [0.4, 0.5) is 0 Å². The molecule has 1 fully saturated rings. The zero-order chi connectivity index (χ0) is 16.6. The van der Waals surface area contributed by atoms with Gasteiger partial charge < -0.3 is 5.32 Å². The van der Waals surface area contributed by atoms with Gasteiger partial charge in [0.15, 0.2) is 0 Å². The molecular formula is C19H24N4O. The van der Waals surface area contributed by atoms with Crippen molar-refractivity contribution in [2.24, 2.45) is 0 Å². The van der Waals surface area contributed by atoms with E-state index in [2.05, 4.69) is 44.5 Å². The van der Waals surface area contributed by atoms with Crippen LogP contribution in [0.1, 0.15) is 35.3 Å². The summed E-state index contributed by atoms with van der Waals surface area (Å²) in [5.74, 6) is -0.154. The number of carbonyl (C=O) groups excluding carboxylic acids is 1. The molecule has 1 unspecified atom stereocenters. The Morgan fingerprint density at radius 2 is 1.92 bits per heavy atom. The summed E-state index contributed by atoms with van der Waals surface area (Å²) in [6.45, 7) is 2.85. The number of carbonyl (C=O) groups is 1. The molecule has 2 aromatic rings. The monoisotopic (exact) mass is 324 g/mol. The number of hydrogen-bond acceptors (Lipinski definition) is 4. The van der Waals surface area contributed by atoms with E-state index in [1.807, 2.05) is 6.07 Å². The molecule has 1 aromatic carbocycles. The van der Waals surface area contributed by atoms with Gasteiger partial charge in [0.05, 0.1) is 6.20 Å². The lowest BCUT2D eigenvalue weighted by Crippen LogP contribution is -2.47. The third-order valence-electron chi connectivity index (χ3n) is 4.52. The molecule has 0 aliphatic carbocycles. The van der Waals surface area contributed by atoms with E-state index in [-0.39, 0.29) is 5.91 Å². The highest BCUT2D eigenvalue weighted by atomic mass is 16.1. The van der Waals surface area contributed by atoms with E-state index in [9.17, 15) is 4.79 Å². The smallest absolute Gasteiger partial charge is 0.271 e. The lowest BCUT2D eigenvalue weighted by atomic mass is 10.0. The Hall–Kier alpha value is -2.27. The summed E-state index contributed by atoms with van der Waals surface area (Å²) in [6.07, 6.45) is 9.35. The Morgan fingerprint density at radius 1 is 1.12 bits per heavy atom. The van der Waals surface area contributed by atoms with Crippen LogP contribution >= 0.6 is 0 Å². The van der Waals surface area contributed by atoms with Crippen LogP contribution < -0.4 is 5.32 Å².